The molecule has 1 heterocycles. The molecule has 1 aromatic rings. The van der Waals surface area contributed by atoms with Gasteiger partial charge in [-0.3, -0.25) is 9.48 Å². The van der Waals surface area contributed by atoms with Crippen molar-refractivity contribution in [3.05, 3.63) is 16.4 Å². The number of halogens is 1. The van der Waals surface area contributed by atoms with Gasteiger partial charge in [0.25, 0.3) is 0 Å². The molecule has 0 aliphatic rings. The first kappa shape index (κ1) is 14.4. The maximum atomic E-state index is 12.4. The van der Waals surface area contributed by atoms with Crippen LogP contribution < -0.4 is 5.73 Å². The molecule has 0 bridgehead atoms. The van der Waals surface area contributed by atoms with Crippen molar-refractivity contribution in [1.82, 2.24) is 9.78 Å². The van der Waals surface area contributed by atoms with E-state index in [9.17, 15) is 4.79 Å². The number of aryl methyl sites for hydroxylation is 1. The average Bonchev–Trinajstić information content (AvgIpc) is 2.67. The summed E-state index contributed by atoms with van der Waals surface area (Å²) >= 11 is 3.39. The highest BCUT2D eigenvalue weighted by Gasteiger charge is 2.23. The lowest BCUT2D eigenvalue weighted by atomic mass is 9.96. The number of hydrogen-bond donors (Lipinski definition) is 1. The Morgan fingerprint density at radius 2 is 2.24 bits per heavy atom. The molecule has 5 heteroatoms. The van der Waals surface area contributed by atoms with Gasteiger partial charge in [0.1, 0.15) is 5.69 Å². The SMILES string of the molecule is CCCC(CN)C(=O)c1c(Br)cnn1CCC. The molecule has 0 radical (unpaired) electrons. The molecule has 0 aromatic carbocycles. The van der Waals surface area contributed by atoms with E-state index in [2.05, 4.69) is 34.9 Å². The zero-order chi connectivity index (χ0) is 12.8. The molecule has 1 rings (SSSR count). The number of hydrogen-bond acceptors (Lipinski definition) is 3. The number of nitrogens with two attached hydrogens (primary N) is 1. The minimum Gasteiger partial charge on any atom is -0.330 e. The van der Waals surface area contributed by atoms with E-state index in [1.54, 1.807) is 10.9 Å². The number of rotatable bonds is 7. The third-order valence-electron chi connectivity index (χ3n) is 2.76. The Bertz CT molecular complexity index is 376. The molecular formula is C12H20BrN3O. The van der Waals surface area contributed by atoms with Crippen LogP contribution in [0.15, 0.2) is 10.7 Å². The fraction of sp³-hybridized carbons (Fsp3) is 0.667. The summed E-state index contributed by atoms with van der Waals surface area (Å²) in [7, 11) is 0. The Kier molecular flexibility index (Phi) is 5.85. The first-order valence-electron chi connectivity index (χ1n) is 6.11. The van der Waals surface area contributed by atoms with Gasteiger partial charge in [-0.1, -0.05) is 20.3 Å². The van der Waals surface area contributed by atoms with E-state index in [0.29, 0.717) is 12.2 Å². The van der Waals surface area contributed by atoms with Gasteiger partial charge in [-0.15, -0.1) is 0 Å². The van der Waals surface area contributed by atoms with Crippen LogP contribution in [-0.2, 0) is 6.54 Å². The van der Waals surface area contributed by atoms with E-state index >= 15 is 0 Å². The Balaban J connectivity index is 2.96. The summed E-state index contributed by atoms with van der Waals surface area (Å²) in [6, 6.07) is 0. The second-order valence-corrected chi connectivity index (χ2v) is 5.00. The lowest BCUT2D eigenvalue weighted by Crippen LogP contribution is -2.26. The van der Waals surface area contributed by atoms with Crippen molar-refractivity contribution in [1.29, 1.82) is 0 Å². The van der Waals surface area contributed by atoms with Gasteiger partial charge in [-0.2, -0.15) is 5.10 Å². The van der Waals surface area contributed by atoms with Crippen molar-refractivity contribution < 1.29 is 4.79 Å². The summed E-state index contributed by atoms with van der Waals surface area (Å²) in [5.74, 6) is 0.00998. The van der Waals surface area contributed by atoms with Crippen LogP contribution in [-0.4, -0.2) is 22.1 Å². The largest absolute Gasteiger partial charge is 0.330 e. The summed E-state index contributed by atoms with van der Waals surface area (Å²) in [6.45, 7) is 5.29. The fourth-order valence-electron chi connectivity index (χ4n) is 1.89. The Morgan fingerprint density at radius 1 is 1.53 bits per heavy atom. The van der Waals surface area contributed by atoms with E-state index in [-0.39, 0.29) is 11.7 Å². The van der Waals surface area contributed by atoms with Gasteiger partial charge in [-0.25, -0.2) is 0 Å². The normalized spacial score (nSPS) is 12.7. The van der Waals surface area contributed by atoms with Gasteiger partial charge in [0.05, 0.1) is 10.7 Å². The monoisotopic (exact) mass is 301 g/mol. The molecule has 0 saturated carbocycles. The second-order valence-electron chi connectivity index (χ2n) is 4.15. The van der Waals surface area contributed by atoms with Crippen molar-refractivity contribution in [2.24, 2.45) is 11.7 Å². The van der Waals surface area contributed by atoms with Crippen molar-refractivity contribution >= 4 is 21.7 Å². The van der Waals surface area contributed by atoms with Crippen LogP contribution in [0.1, 0.15) is 43.6 Å². The van der Waals surface area contributed by atoms with Crippen molar-refractivity contribution in [3.8, 4) is 0 Å². The fourth-order valence-corrected chi connectivity index (χ4v) is 2.38. The molecule has 2 N–H and O–H groups in total. The highest BCUT2D eigenvalue weighted by Crippen LogP contribution is 2.21. The average molecular weight is 302 g/mol. The highest BCUT2D eigenvalue weighted by molar-refractivity contribution is 9.10. The maximum absolute atomic E-state index is 12.4. The quantitative estimate of drug-likeness (QED) is 0.788. The molecular weight excluding hydrogens is 282 g/mol. The highest BCUT2D eigenvalue weighted by atomic mass is 79.9. The van der Waals surface area contributed by atoms with Gasteiger partial charge in [0.15, 0.2) is 5.78 Å². The summed E-state index contributed by atoms with van der Waals surface area (Å²) in [5.41, 5.74) is 6.34. The summed E-state index contributed by atoms with van der Waals surface area (Å²) in [5, 5.41) is 4.21. The van der Waals surface area contributed by atoms with Gasteiger partial charge < -0.3 is 5.73 Å². The molecule has 0 saturated heterocycles. The molecule has 4 nitrogen and oxygen atoms in total. The predicted molar refractivity (Wildman–Crippen MR) is 72.0 cm³/mol. The van der Waals surface area contributed by atoms with Crippen molar-refractivity contribution in [2.75, 3.05) is 6.54 Å². The van der Waals surface area contributed by atoms with Crippen LogP contribution in [0.4, 0.5) is 0 Å². The van der Waals surface area contributed by atoms with Crippen LogP contribution in [0, 0.1) is 5.92 Å². The first-order valence-corrected chi connectivity index (χ1v) is 6.90. The predicted octanol–water partition coefficient (Wildman–Crippen LogP) is 2.61. The van der Waals surface area contributed by atoms with Crippen molar-refractivity contribution in [3.63, 3.8) is 0 Å². The number of nitrogens with zero attached hydrogens (tertiary/aromatic N) is 2. The number of Topliss-reactive ketones (excluding diaryl/α,β-unsaturated/α-hetero) is 1. The Morgan fingerprint density at radius 3 is 2.76 bits per heavy atom. The zero-order valence-electron chi connectivity index (χ0n) is 10.4. The molecule has 17 heavy (non-hydrogen) atoms. The molecule has 0 aliphatic carbocycles. The van der Waals surface area contributed by atoms with Crippen LogP contribution in [0.5, 0.6) is 0 Å². The molecule has 1 unspecified atom stereocenters. The van der Waals surface area contributed by atoms with Crippen LogP contribution in [0.25, 0.3) is 0 Å². The first-order chi connectivity index (χ1) is 8.15. The molecule has 1 aromatic heterocycles. The third kappa shape index (κ3) is 3.39. The summed E-state index contributed by atoms with van der Waals surface area (Å²) in [6.07, 6.45) is 4.43. The molecule has 0 aliphatic heterocycles. The second kappa shape index (κ2) is 6.91. The number of aromatic nitrogens is 2. The lowest BCUT2D eigenvalue weighted by molar-refractivity contribution is 0.0905. The number of carbonyl (C=O) groups excluding carboxylic acids is 1. The van der Waals surface area contributed by atoms with E-state index < -0.39 is 0 Å². The van der Waals surface area contributed by atoms with Gasteiger partial charge in [0.2, 0.25) is 0 Å². The molecule has 0 fully saturated rings. The molecule has 1 atom stereocenters. The minimum atomic E-state index is -0.0939. The van der Waals surface area contributed by atoms with E-state index in [1.807, 2.05) is 0 Å². The van der Waals surface area contributed by atoms with Gasteiger partial charge in [-0.05, 0) is 28.8 Å². The minimum absolute atomic E-state index is 0.0939. The van der Waals surface area contributed by atoms with Crippen LogP contribution in [0.2, 0.25) is 0 Å². The zero-order valence-corrected chi connectivity index (χ0v) is 12.0. The van der Waals surface area contributed by atoms with Crippen LogP contribution >= 0.6 is 15.9 Å². The number of carbonyl (C=O) groups is 1. The van der Waals surface area contributed by atoms with Gasteiger partial charge in [0, 0.05) is 19.0 Å². The molecule has 0 spiro atoms. The summed E-state index contributed by atoms with van der Waals surface area (Å²) in [4.78, 5) is 12.4. The molecule has 96 valence electrons. The summed E-state index contributed by atoms with van der Waals surface area (Å²) < 4.78 is 2.54. The smallest absolute Gasteiger partial charge is 0.186 e. The van der Waals surface area contributed by atoms with Crippen LogP contribution in [0.3, 0.4) is 0 Å². The third-order valence-corrected chi connectivity index (χ3v) is 3.34. The van der Waals surface area contributed by atoms with Gasteiger partial charge >= 0.3 is 0 Å². The molecule has 0 amide bonds. The topological polar surface area (TPSA) is 60.9 Å². The Labute approximate surface area is 111 Å². The van der Waals surface area contributed by atoms with Crippen molar-refractivity contribution in [2.45, 2.75) is 39.7 Å². The van der Waals surface area contributed by atoms with E-state index in [1.165, 1.54) is 0 Å². The van der Waals surface area contributed by atoms with E-state index in [4.69, 9.17) is 5.73 Å². The standard InChI is InChI=1S/C12H20BrN3O/c1-3-5-9(7-14)12(17)11-10(13)8-15-16(11)6-4-2/h8-9H,3-7,14H2,1-2H3. The number of ketones is 1. The maximum Gasteiger partial charge on any atom is 0.186 e. The Hall–Kier alpha value is -0.680. The van der Waals surface area contributed by atoms with E-state index in [0.717, 1.165) is 30.3 Å². The lowest BCUT2D eigenvalue weighted by Gasteiger charge is -2.14.